The second-order valence-corrected chi connectivity index (χ2v) is 11.5. The number of rotatable bonds is 10. The van der Waals surface area contributed by atoms with Crippen LogP contribution in [0.4, 0.5) is 4.39 Å². The molecule has 2 aliphatic rings. The predicted octanol–water partition coefficient (Wildman–Crippen LogP) is 2.92. The van der Waals surface area contributed by atoms with Gasteiger partial charge in [-0.1, -0.05) is 0 Å². The highest BCUT2D eigenvalue weighted by Gasteiger charge is 2.66. The number of nitrogens with one attached hydrogen (secondary N) is 3. The SMILES string of the molecule is C[C@@H](NC(=O)[C@@H]1C[C@]2(CO)CC2N1C(=O)CNC(=O)c1ccc(Oc2ccc(F)cc2)cc1)c1ccc(C(=N)N)s1. The molecule has 1 aliphatic carbocycles. The van der Waals surface area contributed by atoms with Crippen molar-refractivity contribution in [2.75, 3.05) is 13.2 Å². The van der Waals surface area contributed by atoms with E-state index in [1.807, 2.05) is 6.92 Å². The lowest BCUT2D eigenvalue weighted by atomic mass is 10.00. The molecule has 4 atom stereocenters. The van der Waals surface area contributed by atoms with E-state index in [9.17, 15) is 23.9 Å². The summed E-state index contributed by atoms with van der Waals surface area (Å²) in [6.45, 7) is 1.37. The number of aliphatic hydroxyl groups excluding tert-OH is 1. The molecule has 1 unspecified atom stereocenters. The number of nitrogens with zero attached hydrogens (tertiary/aromatic N) is 1. The van der Waals surface area contributed by atoms with Gasteiger partial charge in [-0.05, 0) is 80.4 Å². The number of halogens is 1. The van der Waals surface area contributed by atoms with Crippen LogP contribution in [-0.4, -0.2) is 58.8 Å². The van der Waals surface area contributed by atoms with Gasteiger partial charge in [-0.3, -0.25) is 19.8 Å². The number of hydrogen-bond donors (Lipinski definition) is 5. The van der Waals surface area contributed by atoms with Gasteiger partial charge in [0.2, 0.25) is 11.8 Å². The molecule has 2 aromatic carbocycles. The number of carbonyl (C=O) groups excluding carboxylic acids is 3. The van der Waals surface area contributed by atoms with Gasteiger partial charge in [-0.15, -0.1) is 11.3 Å². The number of hydrogen-bond acceptors (Lipinski definition) is 7. The van der Waals surface area contributed by atoms with Crippen molar-refractivity contribution in [3.8, 4) is 11.5 Å². The zero-order valence-electron chi connectivity index (χ0n) is 22.2. The van der Waals surface area contributed by atoms with Crippen molar-refractivity contribution in [2.45, 2.75) is 37.9 Å². The monoisotopic (exact) mass is 579 g/mol. The molecule has 0 spiro atoms. The Morgan fingerprint density at radius 3 is 2.39 bits per heavy atom. The Labute approximate surface area is 239 Å². The van der Waals surface area contributed by atoms with Gasteiger partial charge in [0.1, 0.15) is 29.2 Å². The van der Waals surface area contributed by atoms with E-state index >= 15 is 0 Å². The molecule has 2 heterocycles. The second kappa shape index (κ2) is 11.3. The molecule has 12 heteroatoms. The molecule has 5 rings (SSSR count). The first kappa shape index (κ1) is 28.2. The largest absolute Gasteiger partial charge is 0.457 e. The molecule has 1 aliphatic heterocycles. The zero-order valence-corrected chi connectivity index (χ0v) is 23.0. The Bertz CT molecular complexity index is 1480. The first-order chi connectivity index (χ1) is 19.6. The zero-order chi connectivity index (χ0) is 29.3. The highest BCUT2D eigenvalue weighted by Crippen LogP contribution is 2.59. The number of thiophene rings is 1. The Kier molecular flexibility index (Phi) is 7.78. The maximum Gasteiger partial charge on any atom is 0.251 e. The predicted molar refractivity (Wildman–Crippen MR) is 150 cm³/mol. The smallest absolute Gasteiger partial charge is 0.251 e. The van der Waals surface area contributed by atoms with Crippen LogP contribution in [0.3, 0.4) is 0 Å². The molecule has 214 valence electrons. The summed E-state index contributed by atoms with van der Waals surface area (Å²) in [5, 5.41) is 23.1. The Hall–Kier alpha value is -4.29. The number of piperidine rings is 1. The van der Waals surface area contributed by atoms with Gasteiger partial charge in [0, 0.05) is 21.9 Å². The third-order valence-corrected chi connectivity index (χ3v) is 8.87. The van der Waals surface area contributed by atoms with Crippen LogP contribution in [-0.2, 0) is 9.59 Å². The van der Waals surface area contributed by atoms with Crippen molar-refractivity contribution in [2.24, 2.45) is 11.1 Å². The fraction of sp³-hybridized carbons (Fsp3) is 0.310. The van der Waals surface area contributed by atoms with E-state index in [1.54, 1.807) is 36.4 Å². The van der Waals surface area contributed by atoms with Crippen LogP contribution < -0.4 is 21.1 Å². The highest BCUT2D eigenvalue weighted by atomic mass is 32.1. The average Bonchev–Trinajstić information content (AvgIpc) is 3.30. The molecule has 3 aromatic rings. The molecule has 1 saturated carbocycles. The first-order valence-electron chi connectivity index (χ1n) is 13.1. The van der Waals surface area contributed by atoms with Crippen molar-refractivity contribution in [1.82, 2.24) is 15.5 Å². The number of aliphatic hydroxyl groups is 1. The van der Waals surface area contributed by atoms with Crippen LogP contribution in [0, 0.1) is 16.6 Å². The number of amides is 3. The van der Waals surface area contributed by atoms with E-state index in [0.29, 0.717) is 34.8 Å². The lowest BCUT2D eigenvalue weighted by Crippen LogP contribution is -2.51. The van der Waals surface area contributed by atoms with Crippen LogP contribution >= 0.6 is 11.3 Å². The number of nitrogens with two attached hydrogens (primary N) is 1. The van der Waals surface area contributed by atoms with Gasteiger partial charge >= 0.3 is 0 Å². The number of ether oxygens (including phenoxy) is 1. The minimum Gasteiger partial charge on any atom is -0.457 e. The lowest BCUT2D eigenvalue weighted by Gasteiger charge is -2.28. The summed E-state index contributed by atoms with van der Waals surface area (Å²) >= 11 is 1.31. The van der Waals surface area contributed by atoms with E-state index in [2.05, 4.69) is 10.6 Å². The number of carbonyl (C=O) groups is 3. The third kappa shape index (κ3) is 5.93. The van der Waals surface area contributed by atoms with Crippen molar-refractivity contribution < 1.29 is 28.6 Å². The average molecular weight is 580 g/mol. The summed E-state index contributed by atoms with van der Waals surface area (Å²) in [5.41, 5.74) is 5.36. The fourth-order valence-corrected chi connectivity index (χ4v) is 6.09. The fourth-order valence-electron chi connectivity index (χ4n) is 5.21. The van der Waals surface area contributed by atoms with Crippen molar-refractivity contribution in [3.05, 3.63) is 81.8 Å². The van der Waals surface area contributed by atoms with Crippen LogP contribution in [0.5, 0.6) is 11.5 Å². The molecule has 41 heavy (non-hydrogen) atoms. The summed E-state index contributed by atoms with van der Waals surface area (Å²) in [5.74, 6) is -0.735. The lowest BCUT2D eigenvalue weighted by molar-refractivity contribution is -0.139. The van der Waals surface area contributed by atoms with Crippen LogP contribution in [0.2, 0.25) is 0 Å². The van der Waals surface area contributed by atoms with E-state index in [4.69, 9.17) is 15.9 Å². The number of likely N-dealkylation sites (tertiary alicyclic amines) is 1. The summed E-state index contributed by atoms with van der Waals surface area (Å²) in [6.07, 6.45) is 0.940. The molecule has 10 nitrogen and oxygen atoms in total. The van der Waals surface area contributed by atoms with Gasteiger partial charge in [-0.25, -0.2) is 4.39 Å². The molecular weight excluding hydrogens is 549 g/mol. The molecule has 1 aromatic heterocycles. The Morgan fingerprint density at radius 2 is 1.78 bits per heavy atom. The number of amidine groups is 1. The summed E-state index contributed by atoms with van der Waals surface area (Å²) < 4.78 is 18.7. The standard InChI is InChI=1S/C29H30FN5O5S/c1-16(22-10-11-23(41-22)26(31)32)34-28(39)21-12-29(15-36)13-24(29)35(21)25(37)14-33-27(38)17-2-6-19(7-3-17)40-20-8-4-18(30)5-9-20/h2-11,16,21,24,36H,12-15H2,1H3,(H3,31,32)(H,33,38)(H,34,39)/t16-,21+,24?,29-/m1/s1. The van der Waals surface area contributed by atoms with Gasteiger partial charge in [-0.2, -0.15) is 0 Å². The maximum absolute atomic E-state index is 13.3. The first-order valence-corrected chi connectivity index (χ1v) is 13.9. The van der Waals surface area contributed by atoms with Crippen LogP contribution in [0.25, 0.3) is 0 Å². The van der Waals surface area contributed by atoms with Crippen LogP contribution in [0.1, 0.15) is 45.9 Å². The molecular formula is C29H30FN5O5S. The minimum absolute atomic E-state index is 0.0476. The molecule has 2 fully saturated rings. The molecule has 3 amide bonds. The third-order valence-electron chi connectivity index (χ3n) is 7.57. The minimum atomic E-state index is -0.775. The Morgan fingerprint density at radius 1 is 1.12 bits per heavy atom. The second-order valence-electron chi connectivity index (χ2n) is 10.4. The van der Waals surface area contributed by atoms with Gasteiger partial charge in [0.15, 0.2) is 0 Å². The Balaban J connectivity index is 1.19. The normalized spacial score (nSPS) is 21.5. The molecule has 1 saturated heterocycles. The van der Waals surface area contributed by atoms with Crippen molar-refractivity contribution >= 4 is 34.9 Å². The highest BCUT2D eigenvalue weighted by molar-refractivity contribution is 7.14. The van der Waals surface area contributed by atoms with E-state index in [-0.39, 0.29) is 42.8 Å². The van der Waals surface area contributed by atoms with E-state index in [0.717, 1.165) is 4.88 Å². The van der Waals surface area contributed by atoms with E-state index in [1.165, 1.54) is 40.5 Å². The number of benzene rings is 2. The van der Waals surface area contributed by atoms with E-state index < -0.39 is 23.3 Å². The quantitative estimate of drug-likeness (QED) is 0.184. The van der Waals surface area contributed by atoms with Gasteiger partial charge in [0.25, 0.3) is 5.91 Å². The summed E-state index contributed by atoms with van der Waals surface area (Å²) in [7, 11) is 0. The topological polar surface area (TPSA) is 158 Å². The number of nitrogen functional groups attached to an aromatic ring is 1. The summed E-state index contributed by atoms with van der Waals surface area (Å²) in [4.78, 5) is 42.2. The molecule has 0 radical (unpaired) electrons. The van der Waals surface area contributed by atoms with Crippen molar-refractivity contribution in [3.63, 3.8) is 0 Å². The summed E-state index contributed by atoms with van der Waals surface area (Å²) in [6, 6.07) is 13.9. The molecule has 0 bridgehead atoms. The van der Waals surface area contributed by atoms with Crippen molar-refractivity contribution in [1.29, 1.82) is 5.41 Å². The number of fused-ring (bicyclic) bond motifs is 1. The van der Waals surface area contributed by atoms with Gasteiger partial charge < -0.3 is 31.1 Å². The molecule has 6 N–H and O–H groups in total. The maximum atomic E-state index is 13.3. The van der Waals surface area contributed by atoms with Crippen LogP contribution in [0.15, 0.2) is 60.7 Å². The van der Waals surface area contributed by atoms with Gasteiger partial charge in [0.05, 0.1) is 24.1 Å².